The van der Waals surface area contributed by atoms with Crippen LogP contribution in [0.2, 0.25) is 0 Å². The van der Waals surface area contributed by atoms with Gasteiger partial charge in [-0.25, -0.2) is 0 Å². The molecule has 0 amide bonds. The van der Waals surface area contributed by atoms with Gasteiger partial charge in [0, 0.05) is 12.1 Å². The molecule has 0 heterocycles. The van der Waals surface area contributed by atoms with Crippen molar-refractivity contribution >= 4 is 34.5 Å². The third kappa shape index (κ3) is 7.86. The van der Waals surface area contributed by atoms with Gasteiger partial charge in [-0.15, -0.1) is 0 Å². The number of benzene rings is 2. The van der Waals surface area contributed by atoms with E-state index in [4.69, 9.17) is 4.74 Å². The highest BCUT2D eigenvalue weighted by Gasteiger charge is 2.25. The molecular weight excluding hydrogens is 448 g/mol. The zero-order valence-electron chi connectivity index (χ0n) is 18.7. The van der Waals surface area contributed by atoms with Gasteiger partial charge in [0.15, 0.2) is 11.6 Å². The maximum Gasteiger partial charge on any atom is 0.280 e. The third-order valence-electron chi connectivity index (χ3n) is 4.15. The highest BCUT2D eigenvalue weighted by Crippen LogP contribution is 2.21. The van der Waals surface area contributed by atoms with Crippen molar-refractivity contribution < 1.29 is 33.8 Å². The Morgan fingerprint density at radius 3 is 1.76 bits per heavy atom. The number of nitrogens with zero attached hydrogens (tertiary/aromatic N) is 2. The summed E-state index contributed by atoms with van der Waals surface area (Å²) in [5.41, 5.74) is -0.956. The fraction of sp³-hybridized carbons (Fsp3) is 0.217. The minimum atomic E-state index is -0.715. The summed E-state index contributed by atoms with van der Waals surface area (Å²) < 4.78 is 4.93. The Hall–Kier alpha value is -4.54. The molecule has 0 saturated heterocycles. The lowest BCUT2D eigenvalue weighted by Gasteiger charge is -2.04. The zero-order chi connectivity index (χ0) is 25.8. The average Bonchev–Trinajstić information content (AvgIpc) is 2.78. The molecule has 2 aromatic rings. The van der Waals surface area contributed by atoms with Gasteiger partial charge in [-0.1, -0.05) is 24.3 Å². The summed E-state index contributed by atoms with van der Waals surface area (Å²) >= 11 is 0. The van der Waals surface area contributed by atoms with Gasteiger partial charge in [0.1, 0.15) is 11.3 Å². The second kappa shape index (κ2) is 13.1. The minimum absolute atomic E-state index is 0.0160. The first-order valence-electron chi connectivity index (χ1n) is 9.88. The Bertz CT molecular complexity index is 1150. The predicted octanol–water partition coefficient (Wildman–Crippen LogP) is 4.04. The zero-order valence-corrected chi connectivity index (χ0v) is 18.7. The second-order valence-electron chi connectivity index (χ2n) is 6.72. The predicted molar refractivity (Wildman–Crippen MR) is 121 cm³/mol. The summed E-state index contributed by atoms with van der Waals surface area (Å²) in [5.74, 6) is -2.04. The van der Waals surface area contributed by atoms with Crippen LogP contribution < -0.4 is 0 Å². The highest BCUT2D eigenvalue weighted by molar-refractivity contribution is 6.26. The first kappa shape index (κ1) is 27.5. The summed E-state index contributed by atoms with van der Waals surface area (Å²) in [4.78, 5) is 65.9. The summed E-state index contributed by atoms with van der Waals surface area (Å²) in [5, 5.41) is 21.4. The third-order valence-corrected chi connectivity index (χ3v) is 4.15. The van der Waals surface area contributed by atoms with Crippen LogP contribution in [0.5, 0.6) is 0 Å². The van der Waals surface area contributed by atoms with Crippen molar-refractivity contribution in [3.63, 3.8) is 0 Å². The van der Waals surface area contributed by atoms with Crippen LogP contribution in [0, 0.1) is 20.2 Å². The van der Waals surface area contributed by atoms with E-state index in [2.05, 4.69) is 0 Å². The molecule has 34 heavy (non-hydrogen) atoms. The lowest BCUT2D eigenvalue weighted by Crippen LogP contribution is -2.13. The van der Waals surface area contributed by atoms with Crippen molar-refractivity contribution in [2.75, 3.05) is 6.61 Å². The number of rotatable bonds is 10. The van der Waals surface area contributed by atoms with Gasteiger partial charge in [0.2, 0.25) is 5.78 Å². The fourth-order valence-electron chi connectivity index (χ4n) is 2.62. The van der Waals surface area contributed by atoms with Crippen LogP contribution in [0.15, 0.2) is 60.4 Å². The maximum atomic E-state index is 12.1. The van der Waals surface area contributed by atoms with Gasteiger partial charge in [-0.3, -0.25) is 39.4 Å². The Balaban J connectivity index is 0.000000350. The van der Waals surface area contributed by atoms with Gasteiger partial charge in [-0.05, 0) is 32.9 Å². The number of nitro benzene ring substituents is 2. The van der Waals surface area contributed by atoms with Crippen molar-refractivity contribution in [1.29, 1.82) is 0 Å². The molecule has 0 spiro atoms. The summed E-state index contributed by atoms with van der Waals surface area (Å²) in [6.45, 7) is 4.47. The van der Waals surface area contributed by atoms with Crippen LogP contribution in [0.25, 0.3) is 0 Å². The Labute approximate surface area is 194 Å². The SMILES string of the molecule is CC(=O)CC(=O)c1ccccc1[N+](=O)[O-].CCOC=C(C(C)=O)C(=O)c1ccccc1[N+](=O)[O-]. The largest absolute Gasteiger partial charge is 0.501 e. The quantitative estimate of drug-likeness (QED) is 0.0947. The number of hydrogen-bond donors (Lipinski definition) is 0. The number of para-hydroxylation sites is 2. The minimum Gasteiger partial charge on any atom is -0.501 e. The van der Waals surface area contributed by atoms with Crippen molar-refractivity contribution in [3.8, 4) is 0 Å². The lowest BCUT2D eigenvalue weighted by molar-refractivity contribution is -0.385. The van der Waals surface area contributed by atoms with Crippen LogP contribution in [-0.2, 0) is 14.3 Å². The molecule has 0 aliphatic heterocycles. The molecule has 0 saturated carbocycles. The molecule has 2 rings (SSSR count). The molecule has 11 heteroatoms. The Morgan fingerprint density at radius 2 is 1.32 bits per heavy atom. The number of carbonyl (C=O) groups excluding carboxylic acids is 4. The molecule has 0 aliphatic carbocycles. The molecule has 2 aromatic carbocycles. The highest BCUT2D eigenvalue weighted by atomic mass is 16.6. The number of hydrogen-bond acceptors (Lipinski definition) is 9. The summed E-state index contributed by atoms with van der Waals surface area (Å²) in [7, 11) is 0. The molecular formula is C23H22N2O9. The van der Waals surface area contributed by atoms with E-state index in [-0.39, 0.29) is 40.3 Å². The number of allylic oxidation sites excluding steroid dienone is 1. The average molecular weight is 470 g/mol. The number of carbonyl (C=O) groups is 4. The van der Waals surface area contributed by atoms with E-state index in [1.807, 2.05) is 0 Å². The van der Waals surface area contributed by atoms with Crippen molar-refractivity contribution in [2.24, 2.45) is 0 Å². The molecule has 0 unspecified atom stereocenters. The fourth-order valence-corrected chi connectivity index (χ4v) is 2.62. The first-order chi connectivity index (χ1) is 16.0. The van der Waals surface area contributed by atoms with Crippen LogP contribution >= 0.6 is 0 Å². The Kier molecular flexibility index (Phi) is 10.6. The molecule has 0 atom stereocenters. The standard InChI is InChI=1S/C13H13NO5.C10H9NO4/c1-3-19-8-11(9(2)15)13(16)10-6-4-5-7-12(10)14(17)18;1-7(12)6-10(13)8-4-2-3-5-9(8)11(14)15/h4-8H,3H2,1-2H3;2-5H,6H2,1H3. The number of ether oxygens (including phenoxy) is 1. The molecule has 0 bridgehead atoms. The molecule has 0 aliphatic rings. The monoisotopic (exact) mass is 470 g/mol. The lowest BCUT2D eigenvalue weighted by atomic mass is 10.0. The van der Waals surface area contributed by atoms with E-state index in [0.29, 0.717) is 6.61 Å². The number of nitro groups is 2. The van der Waals surface area contributed by atoms with Crippen molar-refractivity contribution in [1.82, 2.24) is 0 Å². The van der Waals surface area contributed by atoms with Crippen LogP contribution in [0.1, 0.15) is 47.9 Å². The smallest absolute Gasteiger partial charge is 0.280 e. The van der Waals surface area contributed by atoms with Crippen molar-refractivity contribution in [3.05, 3.63) is 91.7 Å². The van der Waals surface area contributed by atoms with E-state index < -0.39 is 27.2 Å². The van der Waals surface area contributed by atoms with Crippen LogP contribution in [0.4, 0.5) is 11.4 Å². The first-order valence-corrected chi connectivity index (χ1v) is 9.88. The van der Waals surface area contributed by atoms with E-state index >= 15 is 0 Å². The molecule has 0 radical (unpaired) electrons. The van der Waals surface area contributed by atoms with Crippen LogP contribution in [0.3, 0.4) is 0 Å². The van der Waals surface area contributed by atoms with Gasteiger partial charge < -0.3 is 4.74 Å². The van der Waals surface area contributed by atoms with Crippen molar-refractivity contribution in [2.45, 2.75) is 27.2 Å². The van der Waals surface area contributed by atoms with Gasteiger partial charge in [0.05, 0.1) is 40.3 Å². The molecule has 11 nitrogen and oxygen atoms in total. The molecule has 0 fully saturated rings. The topological polar surface area (TPSA) is 164 Å². The van der Waals surface area contributed by atoms with E-state index in [1.54, 1.807) is 6.92 Å². The summed E-state index contributed by atoms with van der Waals surface area (Å²) in [6.07, 6.45) is 0.742. The molecule has 178 valence electrons. The van der Waals surface area contributed by atoms with E-state index in [1.165, 1.54) is 62.4 Å². The number of Topliss-reactive ketones (excluding diaryl/α,β-unsaturated/α-hetero) is 4. The maximum absolute atomic E-state index is 12.1. The van der Waals surface area contributed by atoms with Crippen LogP contribution in [-0.4, -0.2) is 39.6 Å². The van der Waals surface area contributed by atoms with Gasteiger partial charge in [0.25, 0.3) is 11.4 Å². The number of ketones is 4. The Morgan fingerprint density at radius 1 is 0.853 bits per heavy atom. The summed E-state index contributed by atoms with van der Waals surface area (Å²) in [6, 6.07) is 11.1. The van der Waals surface area contributed by atoms with Gasteiger partial charge in [-0.2, -0.15) is 0 Å². The second-order valence-corrected chi connectivity index (χ2v) is 6.72. The van der Waals surface area contributed by atoms with E-state index in [0.717, 1.165) is 6.26 Å². The molecule has 0 N–H and O–H groups in total. The van der Waals surface area contributed by atoms with Gasteiger partial charge >= 0.3 is 0 Å². The van der Waals surface area contributed by atoms with E-state index in [9.17, 15) is 39.4 Å². The normalized spacial score (nSPS) is 10.4. The molecule has 0 aromatic heterocycles.